The fourth-order valence-electron chi connectivity index (χ4n) is 1.86. The van der Waals surface area contributed by atoms with Crippen LogP contribution in [0.1, 0.15) is 33.3 Å². The molecule has 1 saturated heterocycles. The average molecular weight is 288 g/mol. The minimum absolute atomic E-state index is 0. The van der Waals surface area contributed by atoms with E-state index in [1.807, 2.05) is 27.7 Å². The third-order valence-corrected chi connectivity index (χ3v) is 3.81. The SMILES string of the molecule is CC1(C)OB(c2ccc(CN)cc2F)OC1(C)C.Cl. The van der Waals surface area contributed by atoms with Gasteiger partial charge in [-0.25, -0.2) is 4.39 Å². The molecular formula is C13H20BClFNO2. The van der Waals surface area contributed by atoms with Gasteiger partial charge in [0, 0.05) is 12.0 Å². The number of hydrogen-bond acceptors (Lipinski definition) is 3. The van der Waals surface area contributed by atoms with Gasteiger partial charge in [-0.15, -0.1) is 12.4 Å². The summed E-state index contributed by atoms with van der Waals surface area (Å²) in [7, 11) is -0.665. The second-order valence-corrected chi connectivity index (χ2v) is 5.65. The molecule has 1 aliphatic rings. The zero-order valence-corrected chi connectivity index (χ0v) is 12.5. The summed E-state index contributed by atoms with van der Waals surface area (Å²) < 4.78 is 25.6. The maximum absolute atomic E-state index is 14.0. The molecule has 2 rings (SSSR count). The smallest absolute Gasteiger partial charge is 0.399 e. The number of hydrogen-bond donors (Lipinski definition) is 1. The van der Waals surface area contributed by atoms with E-state index in [-0.39, 0.29) is 18.2 Å². The van der Waals surface area contributed by atoms with Crippen LogP contribution < -0.4 is 11.2 Å². The van der Waals surface area contributed by atoms with Crippen molar-refractivity contribution in [3.63, 3.8) is 0 Å². The fourth-order valence-corrected chi connectivity index (χ4v) is 1.86. The maximum Gasteiger partial charge on any atom is 0.497 e. The van der Waals surface area contributed by atoms with Gasteiger partial charge in [0.2, 0.25) is 0 Å². The first-order valence-corrected chi connectivity index (χ1v) is 6.11. The van der Waals surface area contributed by atoms with Crippen molar-refractivity contribution in [2.45, 2.75) is 45.4 Å². The highest BCUT2D eigenvalue weighted by Crippen LogP contribution is 2.36. The molecule has 106 valence electrons. The fraction of sp³-hybridized carbons (Fsp3) is 0.538. The van der Waals surface area contributed by atoms with Crippen LogP contribution in [0, 0.1) is 5.82 Å². The first-order chi connectivity index (χ1) is 8.27. The third kappa shape index (κ3) is 2.94. The van der Waals surface area contributed by atoms with Gasteiger partial charge in [-0.05, 0) is 39.3 Å². The second-order valence-electron chi connectivity index (χ2n) is 5.65. The molecule has 6 heteroatoms. The highest BCUT2D eigenvalue weighted by atomic mass is 35.5. The van der Waals surface area contributed by atoms with Gasteiger partial charge < -0.3 is 15.0 Å². The Kier molecular flexibility index (Phi) is 4.68. The summed E-state index contributed by atoms with van der Waals surface area (Å²) in [5.41, 5.74) is 5.74. The topological polar surface area (TPSA) is 44.5 Å². The van der Waals surface area contributed by atoms with E-state index in [1.54, 1.807) is 12.1 Å². The lowest BCUT2D eigenvalue weighted by Gasteiger charge is -2.32. The predicted octanol–water partition coefficient (Wildman–Crippen LogP) is 2.01. The summed E-state index contributed by atoms with van der Waals surface area (Å²) in [5.74, 6) is -0.337. The van der Waals surface area contributed by atoms with Gasteiger partial charge in [0.05, 0.1) is 11.2 Å². The van der Waals surface area contributed by atoms with Crippen molar-refractivity contribution in [1.82, 2.24) is 0 Å². The Hall–Kier alpha value is -0.615. The van der Waals surface area contributed by atoms with Gasteiger partial charge in [-0.2, -0.15) is 0 Å². The molecule has 1 aromatic carbocycles. The molecule has 1 fully saturated rings. The molecule has 0 aromatic heterocycles. The van der Waals surface area contributed by atoms with E-state index in [2.05, 4.69) is 0 Å². The van der Waals surface area contributed by atoms with Crippen LogP contribution in [0.15, 0.2) is 18.2 Å². The molecule has 0 radical (unpaired) electrons. The average Bonchev–Trinajstić information content (AvgIpc) is 2.47. The normalized spacial score (nSPS) is 20.2. The number of rotatable bonds is 2. The summed E-state index contributed by atoms with van der Waals surface area (Å²) in [4.78, 5) is 0. The minimum atomic E-state index is -0.665. The second kappa shape index (κ2) is 5.41. The van der Waals surface area contributed by atoms with Crippen molar-refractivity contribution in [2.24, 2.45) is 5.73 Å². The molecule has 2 N–H and O–H groups in total. The van der Waals surface area contributed by atoms with E-state index < -0.39 is 18.3 Å². The molecule has 0 saturated carbocycles. The molecular weight excluding hydrogens is 267 g/mol. The first-order valence-electron chi connectivity index (χ1n) is 6.11. The van der Waals surface area contributed by atoms with Crippen LogP contribution in [0.25, 0.3) is 0 Å². The van der Waals surface area contributed by atoms with Crippen molar-refractivity contribution >= 4 is 25.0 Å². The first kappa shape index (κ1) is 16.4. The van der Waals surface area contributed by atoms with Gasteiger partial charge in [0.15, 0.2) is 0 Å². The van der Waals surface area contributed by atoms with Gasteiger partial charge >= 0.3 is 7.12 Å². The van der Waals surface area contributed by atoms with Gasteiger partial charge in [0.25, 0.3) is 0 Å². The summed E-state index contributed by atoms with van der Waals surface area (Å²) in [6, 6.07) is 4.91. The van der Waals surface area contributed by atoms with E-state index in [1.165, 1.54) is 6.07 Å². The Balaban J connectivity index is 0.00000180. The van der Waals surface area contributed by atoms with Crippen LogP contribution in [0.3, 0.4) is 0 Å². The standard InChI is InChI=1S/C13H19BFNO2.ClH/c1-12(2)13(3,4)18-14(17-12)10-6-5-9(8-16)7-11(10)15;/h5-7H,8,16H2,1-4H3;1H. The van der Waals surface area contributed by atoms with Gasteiger partial charge in [0.1, 0.15) is 5.82 Å². The summed E-state index contributed by atoms with van der Waals surface area (Å²) in [6.07, 6.45) is 0. The maximum atomic E-state index is 14.0. The summed E-state index contributed by atoms with van der Waals surface area (Å²) in [5, 5.41) is 0. The zero-order valence-electron chi connectivity index (χ0n) is 11.7. The van der Waals surface area contributed by atoms with Crippen LogP contribution in [0.4, 0.5) is 4.39 Å². The van der Waals surface area contributed by atoms with Crippen molar-refractivity contribution in [3.8, 4) is 0 Å². The monoisotopic (exact) mass is 287 g/mol. The van der Waals surface area contributed by atoms with Crippen molar-refractivity contribution in [2.75, 3.05) is 0 Å². The van der Waals surface area contributed by atoms with Crippen LogP contribution in [0.2, 0.25) is 0 Å². The molecule has 0 amide bonds. The Labute approximate surface area is 120 Å². The highest BCUT2D eigenvalue weighted by molar-refractivity contribution is 6.62. The molecule has 1 aliphatic heterocycles. The van der Waals surface area contributed by atoms with Gasteiger partial charge in [-0.1, -0.05) is 12.1 Å². The minimum Gasteiger partial charge on any atom is -0.399 e. The lowest BCUT2D eigenvalue weighted by atomic mass is 9.78. The molecule has 0 unspecified atom stereocenters. The molecule has 19 heavy (non-hydrogen) atoms. The molecule has 3 nitrogen and oxygen atoms in total. The largest absolute Gasteiger partial charge is 0.497 e. The molecule has 0 spiro atoms. The molecule has 1 aromatic rings. The lowest BCUT2D eigenvalue weighted by molar-refractivity contribution is 0.00578. The lowest BCUT2D eigenvalue weighted by Crippen LogP contribution is -2.41. The van der Waals surface area contributed by atoms with Gasteiger partial charge in [-0.3, -0.25) is 0 Å². The van der Waals surface area contributed by atoms with Crippen molar-refractivity contribution < 1.29 is 13.7 Å². The van der Waals surface area contributed by atoms with Crippen LogP contribution in [0.5, 0.6) is 0 Å². The van der Waals surface area contributed by atoms with Crippen LogP contribution in [-0.2, 0) is 15.9 Å². The zero-order chi connectivity index (χ0) is 13.6. The van der Waals surface area contributed by atoms with E-state index in [9.17, 15) is 4.39 Å². The van der Waals surface area contributed by atoms with Crippen molar-refractivity contribution in [3.05, 3.63) is 29.6 Å². The number of nitrogens with two attached hydrogens (primary N) is 1. The van der Waals surface area contributed by atoms with Crippen LogP contribution in [-0.4, -0.2) is 18.3 Å². The third-order valence-electron chi connectivity index (χ3n) is 3.81. The molecule has 0 atom stereocenters. The molecule has 1 heterocycles. The van der Waals surface area contributed by atoms with E-state index in [0.717, 1.165) is 5.56 Å². The molecule has 0 aliphatic carbocycles. The van der Waals surface area contributed by atoms with Crippen LogP contribution >= 0.6 is 12.4 Å². The molecule has 0 bridgehead atoms. The quantitative estimate of drug-likeness (QED) is 0.846. The van der Waals surface area contributed by atoms with E-state index in [0.29, 0.717) is 12.0 Å². The summed E-state index contributed by atoms with van der Waals surface area (Å²) in [6.45, 7) is 8.09. The highest BCUT2D eigenvalue weighted by Gasteiger charge is 2.52. The Morgan fingerprint density at radius 1 is 1.16 bits per heavy atom. The Bertz CT molecular complexity index is 452. The summed E-state index contributed by atoms with van der Waals surface area (Å²) >= 11 is 0. The van der Waals surface area contributed by atoms with E-state index >= 15 is 0 Å². The Morgan fingerprint density at radius 3 is 2.11 bits per heavy atom. The predicted molar refractivity (Wildman–Crippen MR) is 77.3 cm³/mol. The van der Waals surface area contributed by atoms with Crippen molar-refractivity contribution in [1.29, 1.82) is 0 Å². The number of benzene rings is 1. The Morgan fingerprint density at radius 2 is 1.68 bits per heavy atom. The number of halogens is 2. The van der Waals surface area contributed by atoms with E-state index in [4.69, 9.17) is 15.0 Å².